The lowest BCUT2D eigenvalue weighted by atomic mass is 9.87. The molecular formula is C31H31Cl2FN2O2. The number of nitrogens with one attached hydrogen (secondary N) is 1. The number of benzene rings is 3. The molecule has 198 valence electrons. The summed E-state index contributed by atoms with van der Waals surface area (Å²) in [6.07, 6.45) is 4.06. The molecule has 0 unspecified atom stereocenters. The van der Waals surface area contributed by atoms with E-state index in [0.717, 1.165) is 84.4 Å². The number of alkyl halides is 1. The number of aromatic carboxylic acids is 1. The molecule has 2 N–H and O–H groups in total. The van der Waals surface area contributed by atoms with Gasteiger partial charge in [0.1, 0.15) is 0 Å². The molecule has 38 heavy (non-hydrogen) atoms. The van der Waals surface area contributed by atoms with Gasteiger partial charge in [0.2, 0.25) is 0 Å². The molecule has 0 spiro atoms. The number of carbonyl (C=O) groups is 1. The summed E-state index contributed by atoms with van der Waals surface area (Å²) in [6, 6.07) is 19.7. The molecule has 5 rings (SSSR count). The van der Waals surface area contributed by atoms with Gasteiger partial charge in [-0.25, -0.2) is 4.79 Å². The predicted molar refractivity (Wildman–Crippen MR) is 154 cm³/mol. The number of hydrogen-bond donors (Lipinski definition) is 2. The molecule has 1 aliphatic heterocycles. The largest absolute Gasteiger partial charge is 0.478 e. The fraction of sp³-hybridized carbons (Fsp3) is 0.323. The van der Waals surface area contributed by atoms with Crippen LogP contribution in [0.1, 0.15) is 58.3 Å². The van der Waals surface area contributed by atoms with Crippen molar-refractivity contribution in [3.8, 4) is 0 Å². The number of carboxylic acids is 1. The van der Waals surface area contributed by atoms with Crippen molar-refractivity contribution < 1.29 is 14.3 Å². The zero-order valence-corrected chi connectivity index (χ0v) is 22.7. The van der Waals surface area contributed by atoms with Crippen molar-refractivity contribution in [1.29, 1.82) is 0 Å². The zero-order valence-electron chi connectivity index (χ0n) is 21.2. The fourth-order valence-electron chi connectivity index (χ4n) is 5.69. The van der Waals surface area contributed by atoms with Gasteiger partial charge in [-0.05, 0) is 102 Å². The number of fused-ring (bicyclic) bond motifs is 1. The summed E-state index contributed by atoms with van der Waals surface area (Å²) >= 11 is 12.9. The SMILES string of the molecule is O=C(O)c1ccc2c(c1)CCCC(c1ccc(Cl)cc1Cl)=C2c1cccc(N[C@@H]2CCN(CCCF)C2)c1. The molecule has 0 amide bonds. The van der Waals surface area contributed by atoms with E-state index in [0.29, 0.717) is 28.1 Å². The van der Waals surface area contributed by atoms with Gasteiger partial charge in [-0.1, -0.05) is 47.5 Å². The van der Waals surface area contributed by atoms with E-state index in [1.165, 1.54) is 0 Å². The average molecular weight is 554 g/mol. The quantitative estimate of drug-likeness (QED) is 0.299. The lowest BCUT2D eigenvalue weighted by Crippen LogP contribution is -2.27. The van der Waals surface area contributed by atoms with Gasteiger partial charge in [0.15, 0.2) is 0 Å². The smallest absolute Gasteiger partial charge is 0.335 e. The minimum absolute atomic E-state index is 0.277. The van der Waals surface area contributed by atoms with Gasteiger partial charge >= 0.3 is 5.97 Å². The molecule has 3 aromatic rings. The number of hydrogen-bond acceptors (Lipinski definition) is 3. The molecule has 0 saturated carbocycles. The van der Waals surface area contributed by atoms with Gasteiger partial charge in [0.25, 0.3) is 0 Å². The van der Waals surface area contributed by atoms with Gasteiger partial charge in [-0.2, -0.15) is 0 Å². The molecular weight excluding hydrogens is 522 g/mol. The minimum Gasteiger partial charge on any atom is -0.478 e. The highest BCUT2D eigenvalue weighted by Crippen LogP contribution is 2.43. The monoisotopic (exact) mass is 552 g/mol. The van der Waals surface area contributed by atoms with Gasteiger partial charge in [0.05, 0.1) is 12.2 Å². The first-order valence-electron chi connectivity index (χ1n) is 13.1. The Labute approximate surface area is 233 Å². The van der Waals surface area contributed by atoms with Crippen molar-refractivity contribution in [3.63, 3.8) is 0 Å². The second kappa shape index (κ2) is 11.9. The van der Waals surface area contributed by atoms with Crippen LogP contribution < -0.4 is 5.32 Å². The Bertz CT molecular complexity index is 1370. The van der Waals surface area contributed by atoms with Crippen LogP contribution in [-0.4, -0.2) is 48.3 Å². The van der Waals surface area contributed by atoms with Gasteiger partial charge in [-0.15, -0.1) is 0 Å². The first-order chi connectivity index (χ1) is 18.4. The maximum Gasteiger partial charge on any atom is 0.335 e. The van der Waals surface area contributed by atoms with Crippen LogP contribution in [0.2, 0.25) is 10.0 Å². The Balaban J connectivity index is 1.57. The van der Waals surface area contributed by atoms with Crippen LogP contribution >= 0.6 is 23.2 Å². The van der Waals surface area contributed by atoms with E-state index in [1.54, 1.807) is 18.2 Å². The standard InChI is InChI=1S/C31H31Cl2FN2O2/c32-23-9-11-27(29(33)18-23)28-7-2-4-20-16-22(31(37)38)8-10-26(20)30(28)21-5-1-6-24(17-21)35-25-12-15-36(19-25)14-3-13-34/h1,5-6,8-11,16-18,25,35H,2-4,7,12-15,19H2,(H,37,38)/t25-/m1/s1. The number of anilines is 1. The van der Waals surface area contributed by atoms with Crippen LogP contribution in [0.4, 0.5) is 10.1 Å². The maximum absolute atomic E-state index is 12.6. The van der Waals surface area contributed by atoms with Crippen molar-refractivity contribution in [2.75, 3.05) is 31.6 Å². The summed E-state index contributed by atoms with van der Waals surface area (Å²) in [7, 11) is 0. The van der Waals surface area contributed by atoms with E-state index in [1.807, 2.05) is 18.2 Å². The molecule has 1 fully saturated rings. The number of halogens is 3. The van der Waals surface area contributed by atoms with E-state index in [9.17, 15) is 14.3 Å². The average Bonchev–Trinajstić information content (AvgIpc) is 3.25. The van der Waals surface area contributed by atoms with E-state index in [-0.39, 0.29) is 6.67 Å². The Hall–Kier alpha value is -2.86. The Morgan fingerprint density at radius 3 is 2.68 bits per heavy atom. The molecule has 1 atom stereocenters. The summed E-state index contributed by atoms with van der Waals surface area (Å²) < 4.78 is 12.6. The second-order valence-corrected chi connectivity index (χ2v) is 10.9. The van der Waals surface area contributed by atoms with Crippen molar-refractivity contribution in [3.05, 3.63) is 98.5 Å². The van der Waals surface area contributed by atoms with Crippen LogP contribution in [0.5, 0.6) is 0 Å². The van der Waals surface area contributed by atoms with Crippen molar-refractivity contribution >= 4 is 46.0 Å². The number of nitrogens with zero attached hydrogens (tertiary/aromatic N) is 1. The summed E-state index contributed by atoms with van der Waals surface area (Å²) in [6.45, 7) is 2.39. The second-order valence-electron chi connectivity index (χ2n) is 10.1. The zero-order chi connectivity index (χ0) is 26.6. The third-order valence-corrected chi connectivity index (χ3v) is 8.00. The highest BCUT2D eigenvalue weighted by molar-refractivity contribution is 6.36. The highest BCUT2D eigenvalue weighted by Gasteiger charge is 2.24. The lowest BCUT2D eigenvalue weighted by molar-refractivity contribution is 0.0696. The molecule has 3 aromatic carbocycles. The fourth-order valence-corrected chi connectivity index (χ4v) is 6.21. The molecule has 0 aromatic heterocycles. The number of carboxylic acid groups (broad SMARTS) is 1. The first kappa shape index (κ1) is 26.7. The molecule has 0 radical (unpaired) electrons. The van der Waals surface area contributed by atoms with Gasteiger partial charge < -0.3 is 15.3 Å². The summed E-state index contributed by atoms with van der Waals surface area (Å²) in [5.74, 6) is -0.924. The van der Waals surface area contributed by atoms with Crippen molar-refractivity contribution in [1.82, 2.24) is 4.90 Å². The minimum atomic E-state index is -0.924. The molecule has 1 heterocycles. The normalized spacial score (nSPS) is 17.8. The Morgan fingerprint density at radius 2 is 1.89 bits per heavy atom. The molecule has 2 aliphatic rings. The molecule has 0 bridgehead atoms. The van der Waals surface area contributed by atoms with Crippen LogP contribution in [0.15, 0.2) is 60.7 Å². The van der Waals surface area contributed by atoms with E-state index >= 15 is 0 Å². The maximum atomic E-state index is 12.6. The predicted octanol–water partition coefficient (Wildman–Crippen LogP) is 7.83. The number of aryl methyl sites for hydroxylation is 1. The molecule has 4 nitrogen and oxygen atoms in total. The van der Waals surface area contributed by atoms with Crippen molar-refractivity contribution in [2.24, 2.45) is 0 Å². The topological polar surface area (TPSA) is 52.6 Å². The van der Waals surface area contributed by atoms with Crippen LogP contribution in [-0.2, 0) is 6.42 Å². The Morgan fingerprint density at radius 1 is 1.05 bits per heavy atom. The number of rotatable bonds is 8. The van der Waals surface area contributed by atoms with Crippen LogP contribution in [0.25, 0.3) is 11.1 Å². The van der Waals surface area contributed by atoms with Crippen molar-refractivity contribution in [2.45, 2.75) is 38.1 Å². The van der Waals surface area contributed by atoms with E-state index in [2.05, 4.69) is 34.5 Å². The third-order valence-electron chi connectivity index (χ3n) is 7.45. The Kier molecular flexibility index (Phi) is 8.37. The summed E-state index contributed by atoms with van der Waals surface area (Å²) in [4.78, 5) is 14.0. The lowest BCUT2D eigenvalue weighted by Gasteiger charge is -2.20. The number of allylic oxidation sites excluding steroid dienone is 1. The van der Waals surface area contributed by atoms with Gasteiger partial charge in [-0.3, -0.25) is 4.39 Å². The highest BCUT2D eigenvalue weighted by atomic mass is 35.5. The summed E-state index contributed by atoms with van der Waals surface area (Å²) in [5.41, 5.74) is 7.57. The molecule has 1 aliphatic carbocycles. The van der Waals surface area contributed by atoms with E-state index < -0.39 is 5.97 Å². The van der Waals surface area contributed by atoms with E-state index in [4.69, 9.17) is 23.2 Å². The van der Waals surface area contributed by atoms with Crippen LogP contribution in [0, 0.1) is 0 Å². The first-order valence-corrected chi connectivity index (χ1v) is 13.9. The number of likely N-dealkylation sites (tertiary alicyclic amines) is 1. The van der Waals surface area contributed by atoms with Gasteiger partial charge in [0, 0.05) is 41.4 Å². The summed E-state index contributed by atoms with van der Waals surface area (Å²) in [5, 5.41) is 14.5. The molecule has 7 heteroatoms. The van der Waals surface area contributed by atoms with Crippen LogP contribution in [0.3, 0.4) is 0 Å². The third kappa shape index (κ3) is 5.90. The molecule has 1 saturated heterocycles.